The van der Waals surface area contributed by atoms with Crippen LogP contribution >= 0.6 is 0 Å². The first-order valence-corrected chi connectivity index (χ1v) is 3.25. The Bertz CT molecular complexity index is 310. The molecule has 0 aromatic heterocycles. The number of carboxylic acid groups (broad SMARTS) is 1. The summed E-state index contributed by atoms with van der Waals surface area (Å²) in [5, 5.41) is 8.31. The normalized spacial score (nSPS) is 9.08. The zero-order valence-corrected chi connectivity index (χ0v) is 6.05. The molecule has 0 atom stereocenters. The van der Waals surface area contributed by atoms with Crippen molar-refractivity contribution in [2.45, 2.75) is 13.8 Å². The van der Waals surface area contributed by atoms with E-state index in [9.17, 15) is 13.6 Å². The first-order chi connectivity index (χ1) is 5.59. The smallest absolute Gasteiger partial charge is 0.307 e. The van der Waals surface area contributed by atoms with Crippen LogP contribution in [0, 0.1) is 11.6 Å². The van der Waals surface area contributed by atoms with E-state index in [2.05, 4.69) is 0 Å². The summed E-state index contributed by atoms with van der Waals surface area (Å²) in [6.45, 7) is 0. The van der Waals surface area contributed by atoms with Gasteiger partial charge in [0.05, 0.1) is 6.42 Å². The Kier molecular flexibility index (Phi) is 4.04. The molecule has 0 saturated heterocycles. The molecule has 0 aliphatic heterocycles. The maximum Gasteiger partial charge on any atom is 0.307 e. The van der Waals surface area contributed by atoms with Crippen molar-refractivity contribution >= 4 is 5.97 Å². The van der Waals surface area contributed by atoms with E-state index in [0.717, 1.165) is 12.1 Å². The van der Waals surface area contributed by atoms with Crippen molar-refractivity contribution in [2.75, 3.05) is 0 Å². The largest absolute Gasteiger partial charge is 0.481 e. The van der Waals surface area contributed by atoms with Gasteiger partial charge in [-0.2, -0.15) is 0 Å². The Morgan fingerprint density at radius 2 is 1.92 bits per heavy atom. The lowest BCUT2D eigenvalue weighted by atomic mass is 10.1. The maximum atomic E-state index is 12.5. The van der Waals surface area contributed by atoms with Crippen molar-refractivity contribution in [2.24, 2.45) is 0 Å². The lowest BCUT2D eigenvalue weighted by molar-refractivity contribution is -0.136. The van der Waals surface area contributed by atoms with Gasteiger partial charge in [0.2, 0.25) is 0 Å². The summed E-state index contributed by atoms with van der Waals surface area (Å²) in [7, 11) is 0. The van der Waals surface area contributed by atoms with E-state index in [0.29, 0.717) is 0 Å². The van der Waals surface area contributed by atoms with Gasteiger partial charge in [0.1, 0.15) is 0 Å². The van der Waals surface area contributed by atoms with E-state index in [1.807, 2.05) is 0 Å². The second kappa shape index (κ2) is 4.54. The van der Waals surface area contributed by atoms with Gasteiger partial charge >= 0.3 is 5.97 Å². The van der Waals surface area contributed by atoms with E-state index in [-0.39, 0.29) is 19.4 Å². The van der Waals surface area contributed by atoms with Crippen LogP contribution in [0.1, 0.15) is 13.0 Å². The molecule has 2 nitrogen and oxygen atoms in total. The zero-order chi connectivity index (χ0) is 9.14. The molecular weight excluding hydrogens is 178 g/mol. The summed E-state index contributed by atoms with van der Waals surface area (Å²) in [6, 6.07) is 3.03. The molecule has 0 bridgehead atoms. The molecule has 1 rings (SSSR count). The maximum absolute atomic E-state index is 12.5. The third kappa shape index (κ3) is 3.19. The van der Waals surface area contributed by atoms with Crippen molar-refractivity contribution < 1.29 is 18.7 Å². The highest BCUT2D eigenvalue weighted by molar-refractivity contribution is 5.70. The summed E-state index contributed by atoms with van der Waals surface area (Å²) >= 11 is 0. The molecule has 1 aromatic carbocycles. The molecule has 0 unspecified atom stereocenters. The molecule has 0 heterocycles. The van der Waals surface area contributed by atoms with E-state index in [1.54, 1.807) is 0 Å². The van der Waals surface area contributed by atoms with Crippen molar-refractivity contribution in [3.63, 3.8) is 0 Å². The second-order valence-corrected chi connectivity index (χ2v) is 2.32. The number of carbonyl (C=O) groups is 1. The van der Waals surface area contributed by atoms with Crippen LogP contribution in [0.2, 0.25) is 0 Å². The van der Waals surface area contributed by atoms with Crippen LogP contribution in [0.4, 0.5) is 8.78 Å². The molecule has 0 aliphatic rings. The lowest BCUT2D eigenvalue weighted by Crippen LogP contribution is -2.00. The van der Waals surface area contributed by atoms with Crippen LogP contribution in [-0.2, 0) is 11.2 Å². The van der Waals surface area contributed by atoms with Crippen molar-refractivity contribution in [3.8, 4) is 0 Å². The van der Waals surface area contributed by atoms with E-state index < -0.39 is 17.6 Å². The van der Waals surface area contributed by atoms with Crippen molar-refractivity contribution in [3.05, 3.63) is 35.4 Å². The number of halogens is 2. The average molecular weight is 188 g/mol. The Morgan fingerprint density at radius 3 is 2.38 bits per heavy atom. The molecule has 1 aromatic rings. The Balaban J connectivity index is 0.00000144. The molecular formula is C9H10F2O2. The van der Waals surface area contributed by atoms with Crippen molar-refractivity contribution in [1.82, 2.24) is 0 Å². The SMILES string of the molecule is C.O=C(O)Cc1ccc(F)c(F)c1. The monoisotopic (exact) mass is 188 g/mol. The summed E-state index contributed by atoms with van der Waals surface area (Å²) in [5.74, 6) is -3.06. The molecule has 13 heavy (non-hydrogen) atoms. The number of benzene rings is 1. The first-order valence-electron chi connectivity index (χ1n) is 3.25. The topological polar surface area (TPSA) is 37.3 Å². The van der Waals surface area contributed by atoms with Crippen LogP contribution in [0.25, 0.3) is 0 Å². The fourth-order valence-corrected chi connectivity index (χ4v) is 0.824. The minimum absolute atomic E-state index is 0. The fourth-order valence-electron chi connectivity index (χ4n) is 0.824. The van der Waals surface area contributed by atoms with Gasteiger partial charge in [-0.25, -0.2) is 8.78 Å². The van der Waals surface area contributed by atoms with Gasteiger partial charge in [0.15, 0.2) is 11.6 Å². The van der Waals surface area contributed by atoms with E-state index in [4.69, 9.17) is 5.11 Å². The summed E-state index contributed by atoms with van der Waals surface area (Å²) in [6.07, 6.45) is -0.294. The van der Waals surface area contributed by atoms with Crippen LogP contribution < -0.4 is 0 Å². The van der Waals surface area contributed by atoms with Gasteiger partial charge in [-0.3, -0.25) is 4.79 Å². The highest BCUT2D eigenvalue weighted by atomic mass is 19.2. The van der Waals surface area contributed by atoms with Crippen LogP contribution in [0.5, 0.6) is 0 Å². The molecule has 1 N–H and O–H groups in total. The highest BCUT2D eigenvalue weighted by Gasteiger charge is 2.04. The van der Waals surface area contributed by atoms with Crippen molar-refractivity contribution in [1.29, 1.82) is 0 Å². The number of aliphatic carboxylic acids is 1. The van der Waals surface area contributed by atoms with Gasteiger partial charge < -0.3 is 5.11 Å². The van der Waals surface area contributed by atoms with E-state index in [1.165, 1.54) is 6.07 Å². The third-order valence-corrected chi connectivity index (χ3v) is 1.34. The van der Waals surface area contributed by atoms with Gasteiger partial charge in [-0.1, -0.05) is 13.5 Å². The van der Waals surface area contributed by atoms with Gasteiger partial charge in [0.25, 0.3) is 0 Å². The molecule has 72 valence electrons. The highest BCUT2D eigenvalue weighted by Crippen LogP contribution is 2.08. The van der Waals surface area contributed by atoms with Gasteiger partial charge in [0, 0.05) is 0 Å². The molecule has 0 saturated carbocycles. The number of rotatable bonds is 2. The minimum atomic E-state index is -1.07. The average Bonchev–Trinajstić information content (AvgIpc) is 1.96. The number of hydrogen-bond acceptors (Lipinski definition) is 1. The third-order valence-electron chi connectivity index (χ3n) is 1.34. The minimum Gasteiger partial charge on any atom is -0.481 e. The first kappa shape index (κ1) is 11.6. The Morgan fingerprint density at radius 1 is 1.31 bits per heavy atom. The summed E-state index contributed by atoms with van der Waals surface area (Å²) in [5.41, 5.74) is 0.251. The zero-order valence-electron chi connectivity index (χ0n) is 6.05. The van der Waals surface area contributed by atoms with Crippen LogP contribution in [0.3, 0.4) is 0 Å². The molecule has 4 heteroatoms. The molecule has 0 aliphatic carbocycles. The molecule has 0 radical (unpaired) electrons. The Labute approximate surface area is 74.8 Å². The molecule has 0 amide bonds. The quantitative estimate of drug-likeness (QED) is 0.772. The van der Waals surface area contributed by atoms with E-state index >= 15 is 0 Å². The predicted octanol–water partition coefficient (Wildman–Crippen LogP) is 2.23. The molecule has 0 fully saturated rings. The number of carboxylic acids is 1. The Hall–Kier alpha value is -1.45. The van der Waals surface area contributed by atoms with Crippen LogP contribution in [-0.4, -0.2) is 11.1 Å². The van der Waals surface area contributed by atoms with Gasteiger partial charge in [-0.15, -0.1) is 0 Å². The lowest BCUT2D eigenvalue weighted by Gasteiger charge is -1.97. The number of hydrogen-bond donors (Lipinski definition) is 1. The predicted molar refractivity (Wildman–Crippen MR) is 44.4 cm³/mol. The molecule has 0 spiro atoms. The second-order valence-electron chi connectivity index (χ2n) is 2.32. The fraction of sp³-hybridized carbons (Fsp3) is 0.222. The summed E-state index contributed by atoms with van der Waals surface area (Å²) < 4.78 is 24.8. The standard InChI is InChI=1S/C8H6F2O2.CH4/c9-6-2-1-5(3-7(6)10)4-8(11)12;/h1-3H,4H2,(H,11,12);1H4. The van der Waals surface area contributed by atoms with Crippen LogP contribution in [0.15, 0.2) is 18.2 Å². The summed E-state index contributed by atoms with van der Waals surface area (Å²) in [4.78, 5) is 10.1. The van der Waals surface area contributed by atoms with Gasteiger partial charge in [-0.05, 0) is 17.7 Å².